The molecule has 0 aromatic carbocycles. The van der Waals surface area contributed by atoms with Gasteiger partial charge in [0, 0.05) is 13.1 Å². The molecule has 0 N–H and O–H groups in total. The summed E-state index contributed by atoms with van der Waals surface area (Å²) in [6.45, 7) is 0.958. The highest BCUT2D eigenvalue weighted by atomic mass is 19.4. The van der Waals surface area contributed by atoms with E-state index in [9.17, 15) is 79.4 Å². The number of amides is 1. The Balaban J connectivity index is 6.87. The molecule has 0 saturated heterocycles. The first-order valence-electron chi connectivity index (χ1n) is 10.0. The maximum atomic E-state index is 14.7. The van der Waals surface area contributed by atoms with Crippen molar-refractivity contribution in [2.24, 2.45) is 0 Å². The summed E-state index contributed by atoms with van der Waals surface area (Å²) in [6, 6.07) is 0. The molecule has 0 unspecified atom stereocenters. The number of alkyl halides is 17. The minimum absolute atomic E-state index is 0.0518. The Morgan fingerprint density at radius 1 is 0.579 bits per heavy atom. The number of halogens is 17. The molecule has 0 radical (unpaired) electrons. The molecule has 0 aliphatic rings. The van der Waals surface area contributed by atoms with Crippen LogP contribution in [0.3, 0.4) is 0 Å². The lowest BCUT2D eigenvalue weighted by Crippen LogP contribution is -2.69. The summed E-state index contributed by atoms with van der Waals surface area (Å²) in [4.78, 5) is 12.0. The number of hydrogen-bond donors (Lipinski definition) is 0. The number of hydrogen-bond acceptors (Lipinski definition) is 3. The fourth-order valence-electron chi connectivity index (χ4n) is 2.37. The van der Waals surface area contributed by atoms with Crippen molar-refractivity contribution >= 4 is 5.91 Å². The molecule has 228 valence electrons. The number of carbonyl (C=O) groups excluding carboxylic acids is 1. The van der Waals surface area contributed by atoms with Crippen LogP contribution in [0.5, 0.6) is 0 Å². The highest BCUT2D eigenvalue weighted by Crippen LogP contribution is 2.56. The van der Waals surface area contributed by atoms with Crippen LogP contribution in [-0.4, -0.2) is 72.3 Å². The third-order valence-electron chi connectivity index (χ3n) is 4.49. The molecule has 0 aliphatic carbocycles. The molecule has 0 bridgehead atoms. The van der Waals surface area contributed by atoms with E-state index in [1.807, 2.05) is 0 Å². The van der Waals surface area contributed by atoms with Crippen molar-refractivity contribution in [1.29, 1.82) is 0 Å². The van der Waals surface area contributed by atoms with Crippen LogP contribution >= 0.6 is 0 Å². The molecule has 38 heavy (non-hydrogen) atoms. The normalized spacial score (nSPS) is 17.7. The molecule has 0 spiro atoms. The largest absolute Gasteiger partial charge is 0.462 e. The van der Waals surface area contributed by atoms with E-state index in [1.54, 1.807) is 0 Å². The highest BCUT2D eigenvalue weighted by Gasteiger charge is 2.85. The third-order valence-corrected chi connectivity index (χ3v) is 4.49. The average Bonchev–Trinajstić information content (AvgIpc) is 2.70. The molecule has 0 aliphatic heterocycles. The minimum atomic E-state index is -8.02. The molecule has 21 heteroatoms. The van der Waals surface area contributed by atoms with Gasteiger partial charge in [-0.05, 0) is 12.8 Å². The van der Waals surface area contributed by atoms with Gasteiger partial charge in [0.25, 0.3) is 5.91 Å². The Hall–Kier alpha value is -1.80. The maximum Gasteiger partial charge on any atom is 0.462 e. The Bertz CT molecular complexity index is 786. The lowest BCUT2D eigenvalue weighted by Gasteiger charge is -2.41. The zero-order chi connectivity index (χ0) is 30.8. The van der Waals surface area contributed by atoms with E-state index in [-0.39, 0.29) is 30.6 Å². The van der Waals surface area contributed by atoms with E-state index in [4.69, 9.17) is 0 Å². The van der Waals surface area contributed by atoms with Gasteiger partial charge < -0.3 is 4.90 Å². The van der Waals surface area contributed by atoms with Crippen LogP contribution in [0.15, 0.2) is 0 Å². The van der Waals surface area contributed by atoms with E-state index >= 15 is 0 Å². The standard InChI is InChI=1S/C17H18F17NO3/c1-3-5-7-35(8-6-4-2)9(36)10(18,13(22,23)24)37-17(33,34)12(21,15(28,29)30)38-16(31,32)11(19,20)14(25,26)27/h3-8H2,1-2H3/t10-,12-/m1/s1. The fourth-order valence-corrected chi connectivity index (χ4v) is 2.37. The van der Waals surface area contributed by atoms with Crippen LogP contribution in [0.25, 0.3) is 0 Å². The average molecular weight is 607 g/mol. The molecule has 0 heterocycles. The molecule has 4 nitrogen and oxygen atoms in total. The first kappa shape index (κ1) is 36.2. The molecular weight excluding hydrogens is 589 g/mol. The number of ether oxygens (including phenoxy) is 2. The topological polar surface area (TPSA) is 38.8 Å². The van der Waals surface area contributed by atoms with Crippen LogP contribution in [0.2, 0.25) is 0 Å². The highest BCUT2D eigenvalue weighted by molar-refractivity contribution is 5.84. The SMILES string of the molecule is CCCCN(CCCC)C(=O)[C@@](F)(OC(F)(F)[C@](F)(OC(F)(F)C(F)(F)C(F)(F)F)C(F)(F)F)C(F)(F)F. The number of unbranched alkanes of at least 4 members (excludes halogenated alkanes) is 2. The van der Waals surface area contributed by atoms with E-state index in [1.165, 1.54) is 18.6 Å². The molecule has 0 rings (SSSR count). The van der Waals surface area contributed by atoms with Gasteiger partial charge in [-0.1, -0.05) is 26.7 Å². The van der Waals surface area contributed by atoms with Gasteiger partial charge in [-0.25, -0.2) is 0 Å². The summed E-state index contributed by atoms with van der Waals surface area (Å²) in [7, 11) is 0. The van der Waals surface area contributed by atoms with Crippen molar-refractivity contribution in [3.8, 4) is 0 Å². The fraction of sp³-hybridized carbons (Fsp3) is 0.941. The number of nitrogens with zero attached hydrogens (tertiary/aromatic N) is 1. The summed E-state index contributed by atoms with van der Waals surface area (Å²) in [5.41, 5.74) is 0. The van der Waals surface area contributed by atoms with Crippen molar-refractivity contribution in [2.75, 3.05) is 13.1 Å². The smallest absolute Gasteiger partial charge is 0.337 e. The first-order chi connectivity index (χ1) is 16.6. The van der Waals surface area contributed by atoms with E-state index in [2.05, 4.69) is 4.74 Å². The van der Waals surface area contributed by atoms with Gasteiger partial charge in [0.15, 0.2) is 0 Å². The zero-order valence-electron chi connectivity index (χ0n) is 18.8. The molecule has 0 saturated carbocycles. The molecular formula is C17H18F17NO3. The lowest BCUT2D eigenvalue weighted by atomic mass is 10.1. The van der Waals surface area contributed by atoms with Gasteiger partial charge in [-0.15, -0.1) is 0 Å². The Morgan fingerprint density at radius 2 is 0.974 bits per heavy atom. The first-order valence-corrected chi connectivity index (χ1v) is 10.0. The van der Waals surface area contributed by atoms with Crippen molar-refractivity contribution in [2.45, 2.75) is 87.9 Å². The second-order valence-corrected chi connectivity index (χ2v) is 7.50. The van der Waals surface area contributed by atoms with Crippen molar-refractivity contribution in [3.05, 3.63) is 0 Å². The molecule has 0 fully saturated rings. The van der Waals surface area contributed by atoms with Gasteiger partial charge in [-0.2, -0.15) is 74.6 Å². The summed E-state index contributed by atoms with van der Waals surface area (Å²) >= 11 is 0. The van der Waals surface area contributed by atoms with Gasteiger partial charge >= 0.3 is 48.4 Å². The molecule has 0 aromatic heterocycles. The van der Waals surface area contributed by atoms with E-state index < -0.39 is 67.4 Å². The molecule has 0 aromatic rings. The van der Waals surface area contributed by atoms with Crippen molar-refractivity contribution in [1.82, 2.24) is 4.90 Å². The van der Waals surface area contributed by atoms with Crippen LogP contribution in [0, 0.1) is 0 Å². The second-order valence-electron chi connectivity index (χ2n) is 7.50. The third kappa shape index (κ3) is 7.04. The quantitative estimate of drug-likeness (QED) is 0.207. The van der Waals surface area contributed by atoms with Gasteiger partial charge in [-0.3, -0.25) is 14.3 Å². The van der Waals surface area contributed by atoms with Gasteiger partial charge in [0.1, 0.15) is 0 Å². The van der Waals surface area contributed by atoms with E-state index in [0.717, 1.165) is 0 Å². The number of carbonyl (C=O) groups is 1. The van der Waals surface area contributed by atoms with Crippen LogP contribution in [0.1, 0.15) is 39.5 Å². The summed E-state index contributed by atoms with van der Waals surface area (Å²) in [5.74, 6) is -25.8. The molecule has 2 atom stereocenters. The van der Waals surface area contributed by atoms with Crippen molar-refractivity contribution in [3.63, 3.8) is 0 Å². The number of rotatable bonds is 13. The second kappa shape index (κ2) is 11.4. The predicted octanol–water partition coefficient (Wildman–Crippen LogP) is 7.29. The summed E-state index contributed by atoms with van der Waals surface area (Å²) in [5, 5.41) is 0. The lowest BCUT2D eigenvalue weighted by molar-refractivity contribution is -0.548. The Morgan fingerprint density at radius 3 is 1.26 bits per heavy atom. The van der Waals surface area contributed by atoms with Crippen molar-refractivity contribution < 1.29 is 88.9 Å². The predicted molar refractivity (Wildman–Crippen MR) is 89.3 cm³/mol. The van der Waals surface area contributed by atoms with Crippen LogP contribution in [-0.2, 0) is 14.3 Å². The maximum absolute atomic E-state index is 14.7. The Kier molecular flexibility index (Phi) is 10.8. The van der Waals surface area contributed by atoms with Crippen LogP contribution in [0.4, 0.5) is 74.6 Å². The minimum Gasteiger partial charge on any atom is -0.337 e. The van der Waals surface area contributed by atoms with E-state index in [0.29, 0.717) is 0 Å². The van der Waals surface area contributed by atoms with Gasteiger partial charge in [0.05, 0.1) is 0 Å². The zero-order valence-corrected chi connectivity index (χ0v) is 18.8. The Labute approximate surface area is 202 Å². The monoisotopic (exact) mass is 607 g/mol. The van der Waals surface area contributed by atoms with Gasteiger partial charge in [0.2, 0.25) is 0 Å². The summed E-state index contributed by atoms with van der Waals surface area (Å²) in [6.07, 6.45) is -38.8. The van der Waals surface area contributed by atoms with Crippen LogP contribution < -0.4 is 0 Å². The summed E-state index contributed by atoms with van der Waals surface area (Å²) < 4.78 is 228. The molecule has 1 amide bonds.